The Morgan fingerprint density at radius 2 is 1.94 bits per heavy atom. The van der Waals surface area contributed by atoms with Crippen LogP contribution in [0.2, 0.25) is 0 Å². The Morgan fingerprint density at radius 3 is 2.64 bits per heavy atom. The van der Waals surface area contributed by atoms with Crippen molar-refractivity contribution in [3.63, 3.8) is 0 Å². The number of nitrogens with one attached hydrogen (secondary N) is 1. The van der Waals surface area contributed by atoms with E-state index in [2.05, 4.69) is 36.9 Å². The number of piperazine rings is 1. The minimum atomic E-state index is 0.127. The van der Waals surface area contributed by atoms with Crippen molar-refractivity contribution >= 4 is 41.7 Å². The molecule has 0 aliphatic carbocycles. The van der Waals surface area contributed by atoms with Crippen LogP contribution in [-0.2, 0) is 4.79 Å². The van der Waals surface area contributed by atoms with Gasteiger partial charge in [0.2, 0.25) is 5.91 Å². The number of allylic oxidation sites excluding steroid dienone is 1. The predicted molar refractivity (Wildman–Crippen MR) is 133 cm³/mol. The van der Waals surface area contributed by atoms with Crippen LogP contribution >= 0.6 is 0 Å². The van der Waals surface area contributed by atoms with Gasteiger partial charge in [0.1, 0.15) is 18.1 Å². The molecule has 4 rings (SSSR count). The third-order valence-electron chi connectivity index (χ3n) is 5.65. The third-order valence-corrected chi connectivity index (χ3v) is 5.65. The van der Waals surface area contributed by atoms with E-state index in [4.69, 9.17) is 0 Å². The molecule has 1 amide bonds. The standard InChI is InChI=1S/C24H28N8O/c1-18(24(25-3)21-16-28-23-6-4-5-9-32(21)23)14-26-17-29-20-7-8-22(27-15-20)31-12-10-30(11-13-31)19(2)33/h4-9,14-16,29H,3,10-13,17H2,1-2H3/b24-18-,26-14-. The van der Waals surface area contributed by atoms with E-state index < -0.39 is 0 Å². The number of anilines is 2. The lowest BCUT2D eigenvalue weighted by Gasteiger charge is -2.34. The van der Waals surface area contributed by atoms with Gasteiger partial charge in [0, 0.05) is 45.5 Å². The molecule has 4 heterocycles. The average molecular weight is 445 g/mol. The van der Waals surface area contributed by atoms with Gasteiger partial charge in [-0.1, -0.05) is 6.07 Å². The summed E-state index contributed by atoms with van der Waals surface area (Å²) in [6, 6.07) is 9.84. The van der Waals surface area contributed by atoms with E-state index in [1.165, 1.54) is 0 Å². The maximum Gasteiger partial charge on any atom is 0.219 e. The summed E-state index contributed by atoms with van der Waals surface area (Å²) >= 11 is 0. The molecule has 0 radical (unpaired) electrons. The fraction of sp³-hybridized carbons (Fsp3) is 0.292. The van der Waals surface area contributed by atoms with E-state index in [9.17, 15) is 4.79 Å². The highest BCUT2D eigenvalue weighted by molar-refractivity contribution is 5.90. The largest absolute Gasteiger partial charge is 0.365 e. The van der Waals surface area contributed by atoms with Crippen molar-refractivity contribution in [2.45, 2.75) is 13.8 Å². The number of aromatic nitrogens is 3. The number of rotatable bonds is 7. The lowest BCUT2D eigenvalue weighted by atomic mass is 10.2. The first-order valence-corrected chi connectivity index (χ1v) is 10.9. The van der Waals surface area contributed by atoms with Crippen LogP contribution in [-0.4, -0.2) is 71.0 Å². The Labute approximate surface area is 193 Å². The fourth-order valence-corrected chi connectivity index (χ4v) is 3.82. The summed E-state index contributed by atoms with van der Waals surface area (Å²) in [5.74, 6) is 1.04. The van der Waals surface area contributed by atoms with Crippen LogP contribution in [0.25, 0.3) is 11.3 Å². The molecule has 0 unspecified atom stereocenters. The number of nitrogens with zero attached hydrogens (tertiary/aromatic N) is 7. The molecule has 1 aliphatic heterocycles. The van der Waals surface area contributed by atoms with Gasteiger partial charge >= 0.3 is 0 Å². The van der Waals surface area contributed by atoms with Crippen molar-refractivity contribution in [2.75, 3.05) is 43.1 Å². The SMILES string of the molecule is C=N/C(=C(C)\C=N/CNc1ccc(N2CCN(C(C)=O)CC2)nc1)c1cnc2ccccn12. The van der Waals surface area contributed by atoms with E-state index in [1.807, 2.05) is 52.8 Å². The maximum absolute atomic E-state index is 11.5. The Hall–Kier alpha value is -4.01. The van der Waals surface area contributed by atoms with Gasteiger partial charge in [0.25, 0.3) is 0 Å². The number of fused-ring (bicyclic) bond motifs is 1. The summed E-state index contributed by atoms with van der Waals surface area (Å²) in [6.07, 6.45) is 7.34. The lowest BCUT2D eigenvalue weighted by molar-refractivity contribution is -0.129. The van der Waals surface area contributed by atoms with Crippen LogP contribution in [0, 0.1) is 0 Å². The predicted octanol–water partition coefficient (Wildman–Crippen LogP) is 2.97. The number of hydrogen-bond donors (Lipinski definition) is 1. The topological polar surface area (TPSA) is 90.5 Å². The lowest BCUT2D eigenvalue weighted by Crippen LogP contribution is -2.48. The van der Waals surface area contributed by atoms with Gasteiger partial charge in [-0.15, -0.1) is 0 Å². The molecule has 1 fully saturated rings. The van der Waals surface area contributed by atoms with Gasteiger partial charge in [0.15, 0.2) is 0 Å². The summed E-state index contributed by atoms with van der Waals surface area (Å²) in [5.41, 5.74) is 4.27. The van der Waals surface area contributed by atoms with E-state index in [0.717, 1.165) is 60.3 Å². The molecule has 0 bridgehead atoms. The summed E-state index contributed by atoms with van der Waals surface area (Å²) in [5, 5.41) is 3.26. The van der Waals surface area contributed by atoms with Crippen LogP contribution in [0.15, 0.2) is 64.5 Å². The van der Waals surface area contributed by atoms with Crippen molar-refractivity contribution in [1.29, 1.82) is 0 Å². The number of aliphatic imine (C=N–C) groups is 2. The number of hydrogen-bond acceptors (Lipinski definition) is 7. The van der Waals surface area contributed by atoms with Crippen LogP contribution in [0.4, 0.5) is 11.5 Å². The first kappa shape index (κ1) is 22.2. The van der Waals surface area contributed by atoms with Crippen molar-refractivity contribution in [3.8, 4) is 0 Å². The molecule has 3 aromatic heterocycles. The smallest absolute Gasteiger partial charge is 0.219 e. The van der Waals surface area contributed by atoms with E-state index in [-0.39, 0.29) is 5.91 Å². The van der Waals surface area contributed by atoms with Crippen LogP contribution in [0.5, 0.6) is 0 Å². The van der Waals surface area contributed by atoms with Crippen LogP contribution in [0.1, 0.15) is 19.5 Å². The molecular formula is C24H28N8O. The zero-order valence-corrected chi connectivity index (χ0v) is 19.0. The highest BCUT2D eigenvalue weighted by Gasteiger charge is 2.19. The summed E-state index contributed by atoms with van der Waals surface area (Å²) < 4.78 is 1.98. The maximum atomic E-state index is 11.5. The molecule has 1 saturated heterocycles. The van der Waals surface area contributed by atoms with Crippen molar-refractivity contribution in [2.24, 2.45) is 9.98 Å². The van der Waals surface area contributed by atoms with Crippen molar-refractivity contribution < 1.29 is 4.79 Å². The molecular weight excluding hydrogens is 416 g/mol. The number of amides is 1. The number of pyridine rings is 2. The number of carbonyl (C=O) groups is 1. The Bertz CT molecular complexity index is 1190. The zero-order valence-electron chi connectivity index (χ0n) is 19.0. The molecule has 3 aromatic rings. The molecule has 0 saturated carbocycles. The van der Waals surface area contributed by atoms with Gasteiger partial charge in [-0.2, -0.15) is 0 Å². The molecule has 0 spiro atoms. The molecule has 0 atom stereocenters. The van der Waals surface area contributed by atoms with E-state index in [1.54, 1.807) is 25.5 Å². The Balaban J connectivity index is 1.34. The van der Waals surface area contributed by atoms with Crippen LogP contribution < -0.4 is 10.2 Å². The Kier molecular flexibility index (Phi) is 6.77. The van der Waals surface area contributed by atoms with Crippen molar-refractivity contribution in [3.05, 3.63) is 60.2 Å². The molecule has 1 N–H and O–H groups in total. The zero-order chi connectivity index (χ0) is 23.2. The average Bonchev–Trinajstić information content (AvgIpc) is 3.27. The van der Waals surface area contributed by atoms with Gasteiger partial charge in [-0.25, -0.2) is 9.97 Å². The quantitative estimate of drug-likeness (QED) is 0.566. The molecule has 33 heavy (non-hydrogen) atoms. The van der Waals surface area contributed by atoms with E-state index >= 15 is 0 Å². The number of carbonyl (C=O) groups excluding carboxylic acids is 1. The minimum Gasteiger partial charge on any atom is -0.365 e. The van der Waals surface area contributed by atoms with Crippen molar-refractivity contribution in [1.82, 2.24) is 19.3 Å². The molecule has 1 aliphatic rings. The van der Waals surface area contributed by atoms with Gasteiger partial charge in [0.05, 0.1) is 29.5 Å². The first-order chi connectivity index (χ1) is 16.1. The first-order valence-electron chi connectivity index (χ1n) is 10.9. The third kappa shape index (κ3) is 5.08. The summed E-state index contributed by atoms with van der Waals surface area (Å²) in [7, 11) is 0. The molecule has 170 valence electrons. The second-order valence-corrected chi connectivity index (χ2v) is 7.81. The highest BCUT2D eigenvalue weighted by atomic mass is 16.2. The fourth-order valence-electron chi connectivity index (χ4n) is 3.82. The second-order valence-electron chi connectivity index (χ2n) is 7.81. The minimum absolute atomic E-state index is 0.127. The van der Waals surface area contributed by atoms with Gasteiger partial charge in [-0.3, -0.25) is 19.2 Å². The molecule has 9 heteroatoms. The highest BCUT2D eigenvalue weighted by Crippen LogP contribution is 2.20. The van der Waals surface area contributed by atoms with Gasteiger partial charge in [-0.05, 0) is 43.5 Å². The van der Waals surface area contributed by atoms with Gasteiger partial charge < -0.3 is 15.1 Å². The summed E-state index contributed by atoms with van der Waals surface area (Å²) in [4.78, 5) is 33.2. The Morgan fingerprint density at radius 1 is 1.12 bits per heavy atom. The van der Waals surface area contributed by atoms with Crippen LogP contribution in [0.3, 0.4) is 0 Å². The van der Waals surface area contributed by atoms with E-state index in [0.29, 0.717) is 6.67 Å². The molecule has 9 nitrogen and oxygen atoms in total. The second kappa shape index (κ2) is 10.1. The summed E-state index contributed by atoms with van der Waals surface area (Å²) in [6.45, 7) is 10.8. The normalized spacial score (nSPS) is 15.1. The molecule has 0 aromatic carbocycles. The number of imidazole rings is 1. The monoisotopic (exact) mass is 444 g/mol.